The SMILES string of the molecule is C/C=C\c1ccc(/C(C)=C/C=C(\N)C(N)N/C(=C\Cc2cc3ccccc3c3ccccc23)c2cc3ccccc3c3ccccc23)cc1N. The van der Waals surface area contributed by atoms with E-state index >= 15 is 0 Å². The van der Waals surface area contributed by atoms with Crippen molar-refractivity contribution in [3.05, 3.63) is 180 Å². The lowest BCUT2D eigenvalue weighted by Gasteiger charge is -2.21. The van der Waals surface area contributed by atoms with E-state index in [1.165, 1.54) is 43.3 Å². The molecule has 0 radical (unpaired) electrons. The molecule has 7 aromatic rings. The van der Waals surface area contributed by atoms with Crippen molar-refractivity contribution < 1.29 is 0 Å². The molecule has 4 nitrogen and oxygen atoms in total. The van der Waals surface area contributed by atoms with Gasteiger partial charge in [0, 0.05) is 22.6 Å². The van der Waals surface area contributed by atoms with E-state index in [0.29, 0.717) is 12.1 Å². The molecule has 0 aliphatic carbocycles. The maximum atomic E-state index is 6.85. The van der Waals surface area contributed by atoms with E-state index in [4.69, 9.17) is 17.2 Å². The molecular formula is C46H42N4. The van der Waals surface area contributed by atoms with Crippen molar-refractivity contribution in [1.82, 2.24) is 5.32 Å². The smallest absolute Gasteiger partial charge is 0.115 e. The number of hydrogen-bond donors (Lipinski definition) is 4. The van der Waals surface area contributed by atoms with Gasteiger partial charge in [0.25, 0.3) is 0 Å². The first-order chi connectivity index (χ1) is 24.4. The number of nitrogens with two attached hydrogens (primary N) is 3. The van der Waals surface area contributed by atoms with Gasteiger partial charge in [0.15, 0.2) is 0 Å². The molecule has 7 rings (SSSR count). The van der Waals surface area contributed by atoms with Crippen LogP contribution in [-0.4, -0.2) is 6.17 Å². The Kier molecular flexibility index (Phi) is 9.20. The normalized spacial score (nSPS) is 13.5. The summed E-state index contributed by atoms with van der Waals surface area (Å²) in [6.07, 6.45) is 10.2. The molecule has 1 atom stereocenters. The van der Waals surface area contributed by atoms with E-state index in [-0.39, 0.29) is 0 Å². The van der Waals surface area contributed by atoms with Crippen LogP contribution in [0.3, 0.4) is 0 Å². The van der Waals surface area contributed by atoms with Crippen molar-refractivity contribution in [2.75, 3.05) is 5.73 Å². The summed E-state index contributed by atoms with van der Waals surface area (Å²) in [5, 5.41) is 13.3. The fraction of sp³-hybridized carbons (Fsp3) is 0.0870. The van der Waals surface area contributed by atoms with Crippen molar-refractivity contribution in [3.63, 3.8) is 0 Å². The number of benzene rings is 7. The van der Waals surface area contributed by atoms with E-state index in [9.17, 15) is 0 Å². The molecule has 0 saturated heterocycles. The molecule has 0 aliphatic heterocycles. The van der Waals surface area contributed by atoms with Gasteiger partial charge in [0.2, 0.25) is 0 Å². The predicted molar refractivity (Wildman–Crippen MR) is 217 cm³/mol. The number of hydrogen-bond acceptors (Lipinski definition) is 4. The highest BCUT2D eigenvalue weighted by atomic mass is 15.1. The Hall–Kier alpha value is -6.10. The molecule has 0 heterocycles. The van der Waals surface area contributed by atoms with Crippen molar-refractivity contribution in [1.29, 1.82) is 0 Å². The molecule has 0 fully saturated rings. The summed E-state index contributed by atoms with van der Waals surface area (Å²) >= 11 is 0. The minimum absolute atomic E-state index is 0.523. The van der Waals surface area contributed by atoms with E-state index < -0.39 is 6.17 Å². The highest BCUT2D eigenvalue weighted by Crippen LogP contribution is 2.34. The van der Waals surface area contributed by atoms with Gasteiger partial charge < -0.3 is 22.5 Å². The summed E-state index contributed by atoms with van der Waals surface area (Å²) < 4.78 is 0. The summed E-state index contributed by atoms with van der Waals surface area (Å²) in [7, 11) is 0. The second kappa shape index (κ2) is 14.2. The van der Waals surface area contributed by atoms with Crippen LogP contribution in [0.5, 0.6) is 0 Å². The Morgan fingerprint density at radius 3 is 1.92 bits per heavy atom. The molecule has 1 unspecified atom stereocenters. The molecule has 7 N–H and O–H groups in total. The van der Waals surface area contributed by atoms with Gasteiger partial charge in [-0.3, -0.25) is 0 Å². The van der Waals surface area contributed by atoms with Crippen molar-refractivity contribution in [3.8, 4) is 0 Å². The van der Waals surface area contributed by atoms with Gasteiger partial charge >= 0.3 is 0 Å². The standard InChI is InChI=1S/C46H42N4/c1-3-12-31-22-23-32(29-44(31)48)30(2)21-25-43(47)46(49)50-45(42-28-34-14-5-7-16-37(34)40-19-10-11-20-41(40)42)26-24-35-27-33-13-4-6-15-36(33)39-18-9-8-17-38(35)39/h3-23,25-29,46,50H,24,47-49H2,1-2H3/b12-3-,30-21+,43-25-,45-26-. The number of nitrogens with one attached hydrogen (secondary N) is 1. The van der Waals surface area contributed by atoms with Crippen LogP contribution in [0.4, 0.5) is 5.69 Å². The summed E-state index contributed by atoms with van der Waals surface area (Å²) in [4.78, 5) is 0. The molecular weight excluding hydrogens is 609 g/mol. The second-order valence-corrected chi connectivity index (χ2v) is 12.8. The summed E-state index contributed by atoms with van der Waals surface area (Å²) in [5.74, 6) is 0. The Labute approximate surface area is 293 Å². The van der Waals surface area contributed by atoms with Crippen LogP contribution in [0.2, 0.25) is 0 Å². The molecule has 0 amide bonds. The van der Waals surface area contributed by atoms with Crippen LogP contribution in [-0.2, 0) is 6.42 Å². The average molecular weight is 651 g/mol. The third kappa shape index (κ3) is 6.49. The third-order valence-corrected chi connectivity index (χ3v) is 9.52. The lowest BCUT2D eigenvalue weighted by molar-refractivity contribution is 0.701. The third-order valence-electron chi connectivity index (χ3n) is 9.52. The van der Waals surface area contributed by atoms with E-state index in [0.717, 1.165) is 39.0 Å². The predicted octanol–water partition coefficient (Wildman–Crippen LogP) is 10.3. The monoisotopic (exact) mass is 650 g/mol. The van der Waals surface area contributed by atoms with Gasteiger partial charge in [0.05, 0.1) is 0 Å². The summed E-state index contributed by atoms with van der Waals surface area (Å²) in [6, 6.07) is 45.0. The lowest BCUT2D eigenvalue weighted by Crippen LogP contribution is -2.40. The van der Waals surface area contributed by atoms with Gasteiger partial charge in [-0.25, -0.2) is 0 Å². The Morgan fingerprint density at radius 2 is 1.26 bits per heavy atom. The summed E-state index contributed by atoms with van der Waals surface area (Å²) in [5.41, 5.74) is 27.4. The zero-order valence-corrected chi connectivity index (χ0v) is 28.5. The first-order valence-electron chi connectivity index (χ1n) is 17.1. The van der Waals surface area contributed by atoms with Crippen LogP contribution in [0.1, 0.15) is 36.1 Å². The van der Waals surface area contributed by atoms with Crippen molar-refractivity contribution >= 4 is 66.1 Å². The number of nitrogen functional groups attached to an aromatic ring is 1. The van der Waals surface area contributed by atoms with Crippen molar-refractivity contribution in [2.45, 2.75) is 26.4 Å². The zero-order valence-electron chi connectivity index (χ0n) is 28.5. The fourth-order valence-corrected chi connectivity index (χ4v) is 6.86. The number of rotatable bonds is 9. The molecule has 0 bridgehead atoms. The van der Waals surface area contributed by atoms with Crippen LogP contribution >= 0.6 is 0 Å². The van der Waals surface area contributed by atoms with Crippen LogP contribution in [0, 0.1) is 0 Å². The maximum absolute atomic E-state index is 6.85. The molecule has 246 valence electrons. The highest BCUT2D eigenvalue weighted by Gasteiger charge is 2.15. The molecule has 4 heteroatoms. The van der Waals surface area contributed by atoms with Crippen LogP contribution in [0.15, 0.2) is 157 Å². The second-order valence-electron chi connectivity index (χ2n) is 12.8. The van der Waals surface area contributed by atoms with Crippen molar-refractivity contribution in [2.24, 2.45) is 11.5 Å². The lowest BCUT2D eigenvalue weighted by atomic mass is 9.93. The van der Waals surface area contributed by atoms with Gasteiger partial charge in [-0.2, -0.15) is 0 Å². The van der Waals surface area contributed by atoms with E-state index in [1.807, 2.05) is 50.3 Å². The Morgan fingerprint density at radius 1 is 0.680 bits per heavy atom. The first kappa shape index (κ1) is 32.4. The van der Waals surface area contributed by atoms with Gasteiger partial charge in [-0.1, -0.05) is 140 Å². The number of allylic oxidation sites excluding steroid dienone is 5. The van der Waals surface area contributed by atoms with Gasteiger partial charge in [0.1, 0.15) is 6.17 Å². The molecule has 0 saturated carbocycles. The van der Waals surface area contributed by atoms with Crippen LogP contribution in [0.25, 0.3) is 60.4 Å². The topological polar surface area (TPSA) is 90.1 Å². The number of fused-ring (bicyclic) bond motifs is 6. The van der Waals surface area contributed by atoms with Gasteiger partial charge in [-0.05, 0) is 104 Å². The molecule has 7 aromatic carbocycles. The van der Waals surface area contributed by atoms with E-state index in [2.05, 4.69) is 127 Å². The molecule has 0 aliphatic rings. The largest absolute Gasteiger partial charge is 0.399 e. The maximum Gasteiger partial charge on any atom is 0.115 e. The Balaban J connectivity index is 1.29. The van der Waals surface area contributed by atoms with E-state index in [1.54, 1.807) is 0 Å². The minimum atomic E-state index is -0.633. The minimum Gasteiger partial charge on any atom is -0.399 e. The van der Waals surface area contributed by atoms with Gasteiger partial charge in [-0.15, -0.1) is 0 Å². The molecule has 50 heavy (non-hydrogen) atoms. The Bertz CT molecular complexity index is 2500. The van der Waals surface area contributed by atoms with Crippen LogP contribution < -0.4 is 22.5 Å². The zero-order chi connectivity index (χ0) is 34.6. The molecule has 0 aromatic heterocycles. The summed E-state index contributed by atoms with van der Waals surface area (Å²) in [6.45, 7) is 4.03. The highest BCUT2D eigenvalue weighted by molar-refractivity contribution is 6.12. The quantitative estimate of drug-likeness (QED) is 0.0542. The molecule has 0 spiro atoms. The average Bonchev–Trinajstić information content (AvgIpc) is 3.15. The number of anilines is 1. The first-order valence-corrected chi connectivity index (χ1v) is 17.1. The fourth-order valence-electron chi connectivity index (χ4n) is 6.86.